The fourth-order valence-corrected chi connectivity index (χ4v) is 1.99. The Morgan fingerprint density at radius 3 is 2.72 bits per heavy atom. The van der Waals surface area contributed by atoms with E-state index in [0.717, 1.165) is 23.3 Å². The first-order valence-corrected chi connectivity index (χ1v) is 5.68. The summed E-state index contributed by atoms with van der Waals surface area (Å²) in [7, 11) is 0. The summed E-state index contributed by atoms with van der Waals surface area (Å²) in [6.45, 7) is 0. The molecule has 0 aliphatic carbocycles. The highest BCUT2D eigenvalue weighted by atomic mass is 16.3. The number of hydrogen-bond acceptors (Lipinski definition) is 2. The normalized spacial score (nSPS) is 10.9. The highest BCUT2D eigenvalue weighted by molar-refractivity contribution is 5.40. The second kappa shape index (κ2) is 4.07. The Bertz CT molecular complexity index is 738. The van der Waals surface area contributed by atoms with Crippen molar-refractivity contribution in [3.8, 4) is 5.75 Å². The number of aromatic amines is 1. The van der Waals surface area contributed by atoms with Gasteiger partial charge in [0.05, 0.1) is 0 Å². The molecule has 0 saturated carbocycles. The molecule has 18 heavy (non-hydrogen) atoms. The third-order valence-corrected chi connectivity index (χ3v) is 2.87. The molecular weight excluding hydrogens is 228 g/mol. The van der Waals surface area contributed by atoms with Crippen molar-refractivity contribution in [2.24, 2.45) is 0 Å². The van der Waals surface area contributed by atoms with Crippen LogP contribution in [0.2, 0.25) is 0 Å². The van der Waals surface area contributed by atoms with Crippen molar-refractivity contribution in [3.05, 3.63) is 70.3 Å². The van der Waals surface area contributed by atoms with Gasteiger partial charge in [-0.3, -0.25) is 4.79 Å². The first-order valence-electron chi connectivity index (χ1n) is 5.68. The van der Waals surface area contributed by atoms with Crippen LogP contribution < -0.4 is 5.43 Å². The van der Waals surface area contributed by atoms with Gasteiger partial charge >= 0.3 is 0 Å². The zero-order valence-corrected chi connectivity index (χ0v) is 9.63. The molecule has 1 aromatic carbocycles. The largest absolute Gasteiger partial charge is 0.508 e. The number of fused-ring (bicyclic) bond motifs is 1. The van der Waals surface area contributed by atoms with E-state index in [9.17, 15) is 9.90 Å². The molecule has 90 valence electrons. The third-order valence-electron chi connectivity index (χ3n) is 2.87. The van der Waals surface area contributed by atoms with Gasteiger partial charge in [-0.25, -0.2) is 0 Å². The van der Waals surface area contributed by atoms with E-state index in [-0.39, 0.29) is 11.2 Å². The van der Waals surface area contributed by atoms with E-state index in [2.05, 4.69) is 4.98 Å². The summed E-state index contributed by atoms with van der Waals surface area (Å²) in [5.41, 5.74) is 2.90. The SMILES string of the molecule is O=c1ccn2cc(Cc3ccc(O)cc3)[nH]c2c1. The Hall–Kier alpha value is -2.49. The Balaban J connectivity index is 1.95. The molecule has 0 atom stereocenters. The summed E-state index contributed by atoms with van der Waals surface area (Å²) in [6.07, 6.45) is 4.44. The number of nitrogens with zero attached hydrogens (tertiary/aromatic N) is 1. The third kappa shape index (κ3) is 2.00. The molecule has 2 N–H and O–H groups in total. The van der Waals surface area contributed by atoms with Crippen molar-refractivity contribution in [2.45, 2.75) is 6.42 Å². The highest BCUT2D eigenvalue weighted by Crippen LogP contribution is 2.13. The van der Waals surface area contributed by atoms with Crippen LogP contribution in [0.1, 0.15) is 11.3 Å². The molecule has 4 nitrogen and oxygen atoms in total. The molecule has 2 aromatic heterocycles. The molecular formula is C14H12N2O2. The first-order chi connectivity index (χ1) is 8.70. The maximum atomic E-state index is 11.2. The minimum absolute atomic E-state index is 0.00645. The second-order valence-electron chi connectivity index (χ2n) is 4.28. The molecule has 0 saturated heterocycles. The molecule has 3 aromatic rings. The summed E-state index contributed by atoms with van der Waals surface area (Å²) < 4.78 is 1.89. The van der Waals surface area contributed by atoms with E-state index in [1.165, 1.54) is 6.07 Å². The molecule has 0 unspecified atom stereocenters. The monoisotopic (exact) mass is 240 g/mol. The lowest BCUT2D eigenvalue weighted by Crippen LogP contribution is -1.97. The zero-order valence-electron chi connectivity index (χ0n) is 9.63. The Labute approximate surface area is 103 Å². The Kier molecular flexibility index (Phi) is 2.41. The summed E-state index contributed by atoms with van der Waals surface area (Å²) >= 11 is 0. The lowest BCUT2D eigenvalue weighted by atomic mass is 10.1. The summed E-state index contributed by atoms with van der Waals surface area (Å²) in [6, 6.07) is 10.2. The summed E-state index contributed by atoms with van der Waals surface area (Å²) in [5, 5.41) is 9.22. The van der Waals surface area contributed by atoms with Crippen LogP contribution in [0.4, 0.5) is 0 Å². The van der Waals surface area contributed by atoms with Crippen molar-refractivity contribution >= 4 is 5.65 Å². The number of nitrogens with one attached hydrogen (secondary N) is 1. The Morgan fingerprint density at radius 2 is 1.94 bits per heavy atom. The number of H-pyrrole nitrogens is 1. The van der Waals surface area contributed by atoms with E-state index in [1.54, 1.807) is 24.4 Å². The van der Waals surface area contributed by atoms with Gasteiger partial charge in [-0.05, 0) is 17.7 Å². The molecule has 0 spiro atoms. The van der Waals surface area contributed by atoms with Gasteiger partial charge in [0.25, 0.3) is 0 Å². The van der Waals surface area contributed by atoms with Crippen molar-refractivity contribution in [2.75, 3.05) is 0 Å². The van der Waals surface area contributed by atoms with E-state index in [4.69, 9.17) is 0 Å². The lowest BCUT2D eigenvalue weighted by Gasteiger charge is -1.98. The van der Waals surface area contributed by atoms with Crippen LogP contribution in [0.25, 0.3) is 5.65 Å². The standard InChI is InChI=1S/C14H12N2O2/c17-12-3-1-10(2-4-12)7-11-9-16-6-5-13(18)8-14(16)15-11/h1-6,8-9,15,17H,7H2. The van der Waals surface area contributed by atoms with Crippen LogP contribution in [0.15, 0.2) is 53.6 Å². The van der Waals surface area contributed by atoms with Crippen LogP contribution in [0, 0.1) is 0 Å². The molecule has 0 aliphatic rings. The van der Waals surface area contributed by atoms with Crippen LogP contribution in [0.5, 0.6) is 5.75 Å². The molecule has 0 aliphatic heterocycles. The van der Waals surface area contributed by atoms with Gasteiger partial charge in [-0.15, -0.1) is 0 Å². The van der Waals surface area contributed by atoms with Crippen LogP contribution in [0.3, 0.4) is 0 Å². The van der Waals surface area contributed by atoms with Gasteiger partial charge in [0.2, 0.25) is 0 Å². The van der Waals surface area contributed by atoms with E-state index >= 15 is 0 Å². The van der Waals surface area contributed by atoms with Gasteiger partial charge in [-0.1, -0.05) is 12.1 Å². The summed E-state index contributed by atoms with van der Waals surface area (Å²) in [5.74, 6) is 0.265. The molecule has 0 radical (unpaired) electrons. The number of phenols is 1. The molecule has 0 fully saturated rings. The predicted molar refractivity (Wildman–Crippen MR) is 68.9 cm³/mol. The van der Waals surface area contributed by atoms with Gasteiger partial charge in [0.15, 0.2) is 5.43 Å². The highest BCUT2D eigenvalue weighted by Gasteiger charge is 2.01. The molecule has 4 heteroatoms. The van der Waals surface area contributed by atoms with Gasteiger partial charge in [0, 0.05) is 36.6 Å². The van der Waals surface area contributed by atoms with Crippen molar-refractivity contribution in [1.29, 1.82) is 0 Å². The van der Waals surface area contributed by atoms with Crippen molar-refractivity contribution in [1.82, 2.24) is 9.38 Å². The van der Waals surface area contributed by atoms with Crippen LogP contribution >= 0.6 is 0 Å². The average molecular weight is 240 g/mol. The topological polar surface area (TPSA) is 57.5 Å². The number of benzene rings is 1. The summed E-state index contributed by atoms with van der Waals surface area (Å²) in [4.78, 5) is 14.4. The van der Waals surface area contributed by atoms with E-state index in [0.29, 0.717) is 0 Å². The molecule has 2 heterocycles. The van der Waals surface area contributed by atoms with Gasteiger partial charge in [0.1, 0.15) is 11.4 Å². The molecule has 0 bridgehead atoms. The Morgan fingerprint density at radius 1 is 1.17 bits per heavy atom. The quantitative estimate of drug-likeness (QED) is 0.719. The second-order valence-corrected chi connectivity index (χ2v) is 4.28. The predicted octanol–water partition coefficient (Wildman–Crippen LogP) is 1.92. The first kappa shape index (κ1) is 10.7. The maximum absolute atomic E-state index is 11.2. The fraction of sp³-hybridized carbons (Fsp3) is 0.0714. The minimum atomic E-state index is -0.00645. The minimum Gasteiger partial charge on any atom is -0.508 e. The van der Waals surface area contributed by atoms with Crippen molar-refractivity contribution in [3.63, 3.8) is 0 Å². The van der Waals surface area contributed by atoms with Crippen molar-refractivity contribution < 1.29 is 5.11 Å². The smallest absolute Gasteiger partial charge is 0.183 e. The van der Waals surface area contributed by atoms with Gasteiger partial charge in [-0.2, -0.15) is 0 Å². The zero-order chi connectivity index (χ0) is 12.5. The van der Waals surface area contributed by atoms with Crippen LogP contribution in [-0.2, 0) is 6.42 Å². The number of rotatable bonds is 2. The number of aromatic hydroxyl groups is 1. The number of pyridine rings is 1. The molecule has 3 rings (SSSR count). The maximum Gasteiger partial charge on any atom is 0.183 e. The van der Waals surface area contributed by atoms with E-state index < -0.39 is 0 Å². The number of aromatic nitrogens is 2. The molecule has 0 amide bonds. The number of phenolic OH excluding ortho intramolecular Hbond substituents is 1. The number of imidazole rings is 1. The average Bonchev–Trinajstić information content (AvgIpc) is 2.73. The van der Waals surface area contributed by atoms with E-state index in [1.807, 2.05) is 22.7 Å². The lowest BCUT2D eigenvalue weighted by molar-refractivity contribution is 0.475. The van der Waals surface area contributed by atoms with Gasteiger partial charge < -0.3 is 14.5 Å². The fourth-order valence-electron chi connectivity index (χ4n) is 1.99. The van der Waals surface area contributed by atoms with Crippen LogP contribution in [-0.4, -0.2) is 14.5 Å². The number of hydrogen-bond donors (Lipinski definition) is 2.